The van der Waals surface area contributed by atoms with Gasteiger partial charge in [0.15, 0.2) is 5.79 Å². The van der Waals surface area contributed by atoms with Gasteiger partial charge in [0.25, 0.3) is 0 Å². The molecule has 0 radical (unpaired) electrons. The van der Waals surface area contributed by atoms with E-state index in [0.717, 1.165) is 30.9 Å². The van der Waals surface area contributed by atoms with Crippen molar-refractivity contribution in [3.8, 4) is 0 Å². The standard InChI is InChI=1S/C16H20ClN3O2/c1-11-2-3-12(16(11)21-4-5-22-16)7-19-14-6-13(17)9-20-10-18-8-15(14)20/h6-9,11,18-19H,2-5,10H2,1H3/b12-7+. The molecule has 1 spiro atoms. The Hall–Kier alpha value is -1.43. The molecule has 22 heavy (non-hydrogen) atoms. The number of rotatable bonds is 2. The number of allylic oxidation sites excluding steroid dienone is 2. The van der Waals surface area contributed by atoms with Crippen molar-refractivity contribution in [3.05, 3.63) is 46.7 Å². The quantitative estimate of drug-likeness (QED) is 0.817. The Balaban J connectivity index is 1.58. The second kappa shape index (κ2) is 5.33. The van der Waals surface area contributed by atoms with E-state index in [-0.39, 0.29) is 0 Å². The van der Waals surface area contributed by atoms with Crippen molar-refractivity contribution >= 4 is 11.6 Å². The lowest BCUT2D eigenvalue weighted by atomic mass is 10.0. The summed E-state index contributed by atoms with van der Waals surface area (Å²) >= 11 is 6.20. The summed E-state index contributed by atoms with van der Waals surface area (Å²) in [4.78, 5) is 2.08. The lowest BCUT2D eigenvalue weighted by Gasteiger charge is -2.29. The van der Waals surface area contributed by atoms with E-state index < -0.39 is 5.79 Å². The van der Waals surface area contributed by atoms with Gasteiger partial charge < -0.3 is 25.0 Å². The Bertz CT molecular complexity index is 603. The lowest BCUT2D eigenvalue weighted by molar-refractivity contribution is -0.148. The first-order valence-electron chi connectivity index (χ1n) is 7.72. The molecule has 0 amide bonds. The molecule has 2 N–H and O–H groups in total. The number of hydrogen-bond donors (Lipinski definition) is 2. The van der Waals surface area contributed by atoms with Crippen LogP contribution in [0, 0.1) is 5.92 Å². The molecule has 1 saturated heterocycles. The molecule has 0 bridgehead atoms. The first-order valence-corrected chi connectivity index (χ1v) is 8.10. The third-order valence-corrected chi connectivity index (χ3v) is 4.92. The van der Waals surface area contributed by atoms with Crippen molar-refractivity contribution in [1.82, 2.24) is 15.5 Å². The van der Waals surface area contributed by atoms with E-state index in [9.17, 15) is 0 Å². The van der Waals surface area contributed by atoms with Gasteiger partial charge in [0.05, 0.1) is 36.3 Å². The first kappa shape index (κ1) is 14.2. The van der Waals surface area contributed by atoms with Crippen molar-refractivity contribution in [2.24, 2.45) is 5.92 Å². The molecule has 0 aromatic rings. The van der Waals surface area contributed by atoms with E-state index in [1.807, 2.05) is 24.7 Å². The van der Waals surface area contributed by atoms with E-state index in [4.69, 9.17) is 21.1 Å². The highest BCUT2D eigenvalue weighted by molar-refractivity contribution is 6.31. The van der Waals surface area contributed by atoms with Gasteiger partial charge in [-0.05, 0) is 18.9 Å². The maximum absolute atomic E-state index is 6.20. The summed E-state index contributed by atoms with van der Waals surface area (Å²) in [7, 11) is 0. The summed E-state index contributed by atoms with van der Waals surface area (Å²) in [5, 5.41) is 7.32. The van der Waals surface area contributed by atoms with Gasteiger partial charge in [0.1, 0.15) is 0 Å². The van der Waals surface area contributed by atoms with E-state index >= 15 is 0 Å². The van der Waals surface area contributed by atoms with Crippen LogP contribution in [0.25, 0.3) is 0 Å². The van der Waals surface area contributed by atoms with Crippen LogP contribution in [0.4, 0.5) is 0 Å². The van der Waals surface area contributed by atoms with Gasteiger partial charge in [-0.25, -0.2) is 0 Å². The van der Waals surface area contributed by atoms with E-state index in [1.54, 1.807) is 0 Å². The van der Waals surface area contributed by atoms with Crippen molar-refractivity contribution < 1.29 is 9.47 Å². The van der Waals surface area contributed by atoms with Crippen LogP contribution in [0.5, 0.6) is 0 Å². The molecule has 1 atom stereocenters. The minimum atomic E-state index is -0.524. The molecule has 118 valence electrons. The Kier molecular flexibility index (Phi) is 3.44. The molecule has 5 nitrogen and oxygen atoms in total. The number of fused-ring (bicyclic) bond motifs is 1. The summed E-state index contributed by atoms with van der Waals surface area (Å²) < 4.78 is 11.9. The van der Waals surface area contributed by atoms with Gasteiger partial charge in [-0.2, -0.15) is 0 Å². The number of ether oxygens (including phenoxy) is 2. The van der Waals surface area contributed by atoms with Gasteiger partial charge in [-0.1, -0.05) is 18.5 Å². The largest absolute Gasteiger partial charge is 0.372 e. The van der Waals surface area contributed by atoms with Crippen LogP contribution in [0.1, 0.15) is 19.8 Å². The third-order valence-electron chi connectivity index (χ3n) is 4.71. The average molecular weight is 322 g/mol. The molecule has 2 fully saturated rings. The van der Waals surface area contributed by atoms with E-state index in [0.29, 0.717) is 24.2 Å². The third kappa shape index (κ3) is 2.16. The van der Waals surface area contributed by atoms with Gasteiger partial charge in [-0.15, -0.1) is 0 Å². The highest BCUT2D eigenvalue weighted by Crippen LogP contribution is 2.45. The van der Waals surface area contributed by atoms with Crippen molar-refractivity contribution in [2.45, 2.75) is 25.6 Å². The molecule has 0 aromatic heterocycles. The van der Waals surface area contributed by atoms with Crippen LogP contribution in [0.3, 0.4) is 0 Å². The van der Waals surface area contributed by atoms with Crippen LogP contribution in [-0.2, 0) is 9.47 Å². The van der Waals surface area contributed by atoms with Gasteiger partial charge in [-0.3, -0.25) is 0 Å². The summed E-state index contributed by atoms with van der Waals surface area (Å²) in [6.45, 7) is 4.27. The fourth-order valence-electron chi connectivity index (χ4n) is 3.56. The fraction of sp³-hybridized carbons (Fsp3) is 0.500. The molecular formula is C16H20ClN3O2. The molecule has 1 aliphatic carbocycles. The maximum atomic E-state index is 6.20. The zero-order valence-electron chi connectivity index (χ0n) is 12.6. The van der Waals surface area contributed by atoms with Gasteiger partial charge >= 0.3 is 0 Å². The number of nitrogens with zero attached hydrogens (tertiary/aromatic N) is 1. The molecule has 4 aliphatic rings. The molecule has 3 heterocycles. The first-order chi connectivity index (χ1) is 10.7. The summed E-state index contributed by atoms with van der Waals surface area (Å²) in [6, 6.07) is 0. The maximum Gasteiger partial charge on any atom is 0.195 e. The van der Waals surface area contributed by atoms with E-state index in [2.05, 4.69) is 22.5 Å². The zero-order chi connectivity index (χ0) is 15.2. The van der Waals surface area contributed by atoms with Crippen LogP contribution >= 0.6 is 11.6 Å². The predicted molar refractivity (Wildman–Crippen MR) is 84.2 cm³/mol. The SMILES string of the molecule is CC1CC/C(=C\NC2=CC(Cl)=CN3CNC=C23)C12OCCO2. The minimum absolute atomic E-state index is 0.385. The van der Waals surface area contributed by atoms with Crippen LogP contribution in [-0.4, -0.2) is 30.6 Å². The minimum Gasteiger partial charge on any atom is -0.372 e. The van der Waals surface area contributed by atoms with Crippen molar-refractivity contribution in [2.75, 3.05) is 19.9 Å². The monoisotopic (exact) mass is 321 g/mol. The Morgan fingerprint density at radius 2 is 2.27 bits per heavy atom. The molecule has 4 rings (SSSR count). The summed E-state index contributed by atoms with van der Waals surface area (Å²) in [5.74, 6) is -0.139. The topological polar surface area (TPSA) is 45.8 Å². The highest BCUT2D eigenvalue weighted by atomic mass is 35.5. The second-order valence-electron chi connectivity index (χ2n) is 6.05. The predicted octanol–water partition coefficient (Wildman–Crippen LogP) is 2.31. The second-order valence-corrected chi connectivity index (χ2v) is 6.49. The Morgan fingerprint density at radius 3 is 3.09 bits per heavy atom. The number of halogens is 1. The molecular weight excluding hydrogens is 302 g/mol. The van der Waals surface area contributed by atoms with Crippen molar-refractivity contribution in [1.29, 1.82) is 0 Å². The average Bonchev–Trinajstić information content (AvgIpc) is 3.20. The normalized spacial score (nSPS) is 31.0. The number of nitrogens with one attached hydrogen (secondary N) is 2. The molecule has 1 saturated carbocycles. The molecule has 3 aliphatic heterocycles. The smallest absolute Gasteiger partial charge is 0.195 e. The molecule has 1 unspecified atom stereocenters. The Labute approximate surface area is 135 Å². The zero-order valence-corrected chi connectivity index (χ0v) is 13.3. The van der Waals surface area contributed by atoms with E-state index in [1.165, 1.54) is 5.57 Å². The fourth-order valence-corrected chi connectivity index (χ4v) is 3.79. The molecule has 0 aromatic carbocycles. The summed E-state index contributed by atoms with van der Waals surface area (Å²) in [5.41, 5.74) is 3.26. The van der Waals surface area contributed by atoms with Crippen LogP contribution in [0.15, 0.2) is 46.7 Å². The molecule has 6 heteroatoms. The van der Waals surface area contributed by atoms with Crippen molar-refractivity contribution in [3.63, 3.8) is 0 Å². The van der Waals surface area contributed by atoms with Gasteiger partial charge in [0, 0.05) is 30.1 Å². The summed E-state index contributed by atoms with van der Waals surface area (Å²) in [6.07, 6.45) is 9.97. The lowest BCUT2D eigenvalue weighted by Crippen LogP contribution is -2.35. The van der Waals surface area contributed by atoms with Crippen LogP contribution < -0.4 is 10.6 Å². The Morgan fingerprint density at radius 1 is 1.45 bits per heavy atom. The highest BCUT2D eigenvalue weighted by Gasteiger charge is 2.49. The van der Waals surface area contributed by atoms with Crippen LogP contribution in [0.2, 0.25) is 0 Å². The van der Waals surface area contributed by atoms with Gasteiger partial charge in [0.2, 0.25) is 0 Å². The number of hydrogen-bond acceptors (Lipinski definition) is 5.